The van der Waals surface area contributed by atoms with Crippen LogP contribution < -0.4 is 0 Å². The maximum Gasteiger partial charge on any atom is 0.164 e. The van der Waals surface area contributed by atoms with E-state index in [1.54, 1.807) is 11.3 Å². The highest BCUT2D eigenvalue weighted by atomic mass is 32.1. The Hall–Kier alpha value is -8.19. The van der Waals surface area contributed by atoms with Crippen LogP contribution in [-0.4, -0.2) is 19.5 Å². The lowest BCUT2D eigenvalue weighted by Gasteiger charge is -2.10. The van der Waals surface area contributed by atoms with E-state index < -0.39 is 0 Å². The molecule has 0 bridgehead atoms. The number of thiophene rings is 1. The predicted molar refractivity (Wildman–Crippen MR) is 262 cm³/mol. The first-order valence-electron chi connectivity index (χ1n) is 21.1. The quantitative estimate of drug-likeness (QED) is 0.168. The fourth-order valence-electron chi connectivity index (χ4n) is 9.29. The van der Waals surface area contributed by atoms with Crippen molar-refractivity contribution in [3.63, 3.8) is 0 Å². The molecule has 0 saturated carbocycles. The molecule has 9 aromatic carbocycles. The largest absolute Gasteiger partial charge is 0.456 e. The number of aromatic nitrogens is 4. The second-order valence-corrected chi connectivity index (χ2v) is 17.1. The summed E-state index contributed by atoms with van der Waals surface area (Å²) in [6, 6.07) is 72.8. The van der Waals surface area contributed by atoms with Crippen molar-refractivity contribution in [2.45, 2.75) is 0 Å². The molecule has 13 aromatic rings. The number of fused-ring (bicyclic) bond motifs is 9. The number of para-hydroxylation sites is 2. The van der Waals surface area contributed by atoms with E-state index in [0.29, 0.717) is 17.5 Å². The Morgan fingerprint density at radius 1 is 0.349 bits per heavy atom. The van der Waals surface area contributed by atoms with E-state index in [4.69, 9.17) is 19.4 Å². The molecule has 0 atom stereocenters. The van der Waals surface area contributed by atoms with Crippen molar-refractivity contribution in [3.8, 4) is 62.1 Å². The molecular weight excluding hydrogens is 789 g/mol. The zero-order chi connectivity index (χ0) is 41.4. The Balaban J connectivity index is 0.933. The van der Waals surface area contributed by atoms with Crippen molar-refractivity contribution in [3.05, 3.63) is 206 Å². The SMILES string of the molecule is c1ccc(-c2nc(-c3ccc4c(c3)sc3ccccc34)nc(-c3cccc4oc5ccc(-c6cccc(-c7ccc8c(c7)c7ccccc7n8-c7ccccc7)c6)cc5c34)n2)cc1. The van der Waals surface area contributed by atoms with Gasteiger partial charge in [0.05, 0.1) is 11.0 Å². The monoisotopic (exact) mass is 822 g/mol. The number of hydrogen-bond acceptors (Lipinski definition) is 5. The molecule has 6 heteroatoms. The molecule has 0 aliphatic carbocycles. The van der Waals surface area contributed by atoms with Crippen molar-refractivity contribution >= 4 is 75.3 Å². The van der Waals surface area contributed by atoms with Crippen molar-refractivity contribution in [1.82, 2.24) is 19.5 Å². The van der Waals surface area contributed by atoms with Gasteiger partial charge in [0.15, 0.2) is 17.5 Å². The summed E-state index contributed by atoms with van der Waals surface area (Å²) >= 11 is 1.79. The van der Waals surface area contributed by atoms with Gasteiger partial charge in [0, 0.05) is 64.1 Å². The van der Waals surface area contributed by atoms with Crippen LogP contribution in [0.4, 0.5) is 0 Å². The van der Waals surface area contributed by atoms with Crippen LogP contribution in [0.2, 0.25) is 0 Å². The maximum absolute atomic E-state index is 6.54. The topological polar surface area (TPSA) is 56.7 Å². The van der Waals surface area contributed by atoms with Gasteiger partial charge in [-0.05, 0) is 89.0 Å². The second-order valence-electron chi connectivity index (χ2n) is 16.0. The van der Waals surface area contributed by atoms with Crippen LogP contribution in [0.15, 0.2) is 211 Å². The first-order chi connectivity index (χ1) is 31.2. The Labute approximate surface area is 365 Å². The summed E-state index contributed by atoms with van der Waals surface area (Å²) in [7, 11) is 0. The lowest BCUT2D eigenvalue weighted by Crippen LogP contribution is -2.00. The number of benzene rings is 9. The molecule has 63 heavy (non-hydrogen) atoms. The maximum atomic E-state index is 6.54. The normalized spacial score (nSPS) is 11.8. The Morgan fingerprint density at radius 3 is 1.79 bits per heavy atom. The van der Waals surface area contributed by atoms with E-state index in [2.05, 4.69) is 168 Å². The predicted octanol–water partition coefficient (Wildman–Crippen LogP) is 15.6. The zero-order valence-corrected chi connectivity index (χ0v) is 34.6. The van der Waals surface area contributed by atoms with E-state index in [-0.39, 0.29) is 0 Å². The van der Waals surface area contributed by atoms with Crippen LogP contribution in [0, 0.1) is 0 Å². The lowest BCUT2D eigenvalue weighted by atomic mass is 9.96. The third-order valence-corrected chi connectivity index (χ3v) is 13.4. The van der Waals surface area contributed by atoms with Crippen molar-refractivity contribution in [1.29, 1.82) is 0 Å². The molecule has 0 amide bonds. The zero-order valence-electron chi connectivity index (χ0n) is 33.7. The van der Waals surface area contributed by atoms with E-state index in [9.17, 15) is 0 Å². The van der Waals surface area contributed by atoms with Gasteiger partial charge in [-0.1, -0.05) is 140 Å². The smallest absolute Gasteiger partial charge is 0.164 e. The summed E-state index contributed by atoms with van der Waals surface area (Å²) in [5.41, 5.74) is 12.5. The summed E-state index contributed by atoms with van der Waals surface area (Å²) in [5, 5.41) is 6.95. The molecule has 0 radical (unpaired) electrons. The highest BCUT2D eigenvalue weighted by Crippen LogP contribution is 2.41. The van der Waals surface area contributed by atoms with Gasteiger partial charge in [0.25, 0.3) is 0 Å². The van der Waals surface area contributed by atoms with Gasteiger partial charge in [-0.25, -0.2) is 15.0 Å². The molecule has 0 N–H and O–H groups in total. The van der Waals surface area contributed by atoms with E-state index >= 15 is 0 Å². The van der Waals surface area contributed by atoms with Gasteiger partial charge >= 0.3 is 0 Å². The molecule has 4 heterocycles. The average Bonchev–Trinajstić information content (AvgIpc) is 4.03. The van der Waals surface area contributed by atoms with Gasteiger partial charge in [-0.2, -0.15) is 0 Å². The van der Waals surface area contributed by atoms with Crippen molar-refractivity contribution in [2.75, 3.05) is 0 Å². The highest BCUT2D eigenvalue weighted by Gasteiger charge is 2.20. The van der Waals surface area contributed by atoms with Crippen LogP contribution in [0.25, 0.3) is 126 Å². The minimum absolute atomic E-state index is 0.597. The van der Waals surface area contributed by atoms with Crippen LogP contribution in [0.5, 0.6) is 0 Å². The van der Waals surface area contributed by atoms with Crippen LogP contribution in [-0.2, 0) is 0 Å². The minimum Gasteiger partial charge on any atom is -0.456 e. The highest BCUT2D eigenvalue weighted by molar-refractivity contribution is 7.25. The molecule has 4 aromatic heterocycles. The second kappa shape index (κ2) is 14.2. The molecule has 294 valence electrons. The van der Waals surface area contributed by atoms with E-state index in [1.807, 2.05) is 42.5 Å². The van der Waals surface area contributed by atoms with Gasteiger partial charge in [0.2, 0.25) is 0 Å². The number of furan rings is 1. The number of rotatable bonds is 6. The number of nitrogens with zero attached hydrogens (tertiary/aromatic N) is 4. The third kappa shape index (κ3) is 5.87. The Bertz CT molecular complexity index is 3920. The standard InChI is InChI=1S/C57H34N4OS/c1-3-13-35(14-4-1)55-58-56(40-25-28-44-43-20-8-10-24-52(43)63-53(44)34-40)60-57(59-55)45-21-12-23-51-54(45)47-33-39(27-30-50(47)62-51)37-16-11-15-36(31-37)38-26-29-49-46(32-38)42-19-7-9-22-48(42)61(49)41-17-5-2-6-18-41/h1-34H. The van der Waals surface area contributed by atoms with Gasteiger partial charge in [-0.3, -0.25) is 0 Å². The summed E-state index contributed by atoms with van der Waals surface area (Å²) in [6.45, 7) is 0. The number of hydrogen-bond donors (Lipinski definition) is 0. The van der Waals surface area contributed by atoms with E-state index in [0.717, 1.165) is 61.0 Å². The third-order valence-electron chi connectivity index (χ3n) is 12.3. The fraction of sp³-hybridized carbons (Fsp3) is 0. The molecule has 0 fully saturated rings. The first-order valence-corrected chi connectivity index (χ1v) is 21.9. The van der Waals surface area contributed by atoms with Gasteiger partial charge in [0.1, 0.15) is 11.2 Å². The summed E-state index contributed by atoms with van der Waals surface area (Å²) in [5.74, 6) is 1.85. The summed E-state index contributed by atoms with van der Waals surface area (Å²) in [6.07, 6.45) is 0. The minimum atomic E-state index is 0.597. The van der Waals surface area contributed by atoms with Crippen molar-refractivity contribution < 1.29 is 4.42 Å². The van der Waals surface area contributed by atoms with Crippen LogP contribution >= 0.6 is 11.3 Å². The van der Waals surface area contributed by atoms with E-state index in [1.165, 1.54) is 47.5 Å². The molecule has 5 nitrogen and oxygen atoms in total. The lowest BCUT2D eigenvalue weighted by molar-refractivity contribution is 0.669. The Morgan fingerprint density at radius 2 is 0.952 bits per heavy atom. The van der Waals surface area contributed by atoms with Gasteiger partial charge < -0.3 is 8.98 Å². The average molecular weight is 823 g/mol. The van der Waals surface area contributed by atoms with Gasteiger partial charge in [-0.15, -0.1) is 11.3 Å². The molecule has 0 aliphatic heterocycles. The fourth-order valence-corrected chi connectivity index (χ4v) is 10.4. The van der Waals surface area contributed by atoms with Crippen molar-refractivity contribution in [2.24, 2.45) is 0 Å². The molecule has 13 rings (SSSR count). The molecule has 0 unspecified atom stereocenters. The molecule has 0 saturated heterocycles. The first kappa shape index (κ1) is 35.6. The van der Waals surface area contributed by atoms with Crippen LogP contribution in [0.3, 0.4) is 0 Å². The molecule has 0 spiro atoms. The summed E-state index contributed by atoms with van der Waals surface area (Å²) < 4.78 is 11.4. The summed E-state index contributed by atoms with van der Waals surface area (Å²) in [4.78, 5) is 15.5. The molecular formula is C57H34N4OS. The Kier molecular flexibility index (Phi) is 8.01. The molecule has 0 aliphatic rings. The van der Waals surface area contributed by atoms with Crippen LogP contribution in [0.1, 0.15) is 0 Å².